The number of hydrogen-bond acceptors (Lipinski definition) is 2. The number of ether oxygens (including phenoxy) is 1. The Hall–Kier alpha value is -0.830. The zero-order chi connectivity index (χ0) is 11.4. The van der Waals surface area contributed by atoms with Crippen LogP contribution in [0, 0.1) is 5.92 Å². The van der Waals surface area contributed by atoms with Crippen LogP contribution in [0.5, 0.6) is 5.75 Å². The van der Waals surface area contributed by atoms with Gasteiger partial charge in [0.05, 0.1) is 12.7 Å². The predicted molar refractivity (Wildman–Crippen MR) is 64.5 cm³/mol. The Morgan fingerprint density at radius 3 is 2.73 bits per heavy atom. The average molecular weight is 271 g/mol. The van der Waals surface area contributed by atoms with Gasteiger partial charge in [-0.1, -0.05) is 29.8 Å². The van der Waals surface area contributed by atoms with Crippen molar-refractivity contribution in [1.29, 1.82) is 0 Å². The van der Waals surface area contributed by atoms with Crippen molar-refractivity contribution in [3.63, 3.8) is 0 Å². The van der Waals surface area contributed by atoms with E-state index in [2.05, 4.69) is 15.9 Å². The maximum Gasteiger partial charge on any atom is 0.169 e. The fourth-order valence-corrected chi connectivity index (χ4v) is 1.68. The number of ketones is 1. The first kappa shape index (κ1) is 12.2. The highest BCUT2D eigenvalue weighted by molar-refractivity contribution is 9.10. The second-order valence-corrected chi connectivity index (χ2v) is 4.43. The van der Waals surface area contributed by atoms with E-state index in [9.17, 15) is 4.79 Å². The lowest BCUT2D eigenvalue weighted by molar-refractivity contribution is 0.0924. The van der Waals surface area contributed by atoms with Crippen LogP contribution in [0.4, 0.5) is 0 Å². The summed E-state index contributed by atoms with van der Waals surface area (Å²) in [6.45, 7) is 3.94. The minimum absolute atomic E-state index is 0.0354. The molecule has 1 aromatic rings. The number of hydrogen-bond donors (Lipinski definition) is 0. The minimum atomic E-state index is 0.0354. The van der Waals surface area contributed by atoms with E-state index in [0.717, 1.165) is 10.9 Å². The molecule has 0 amide bonds. The third-order valence-electron chi connectivity index (χ3n) is 2.49. The maximum absolute atomic E-state index is 12.0. The van der Waals surface area contributed by atoms with Gasteiger partial charge in [-0.25, -0.2) is 0 Å². The van der Waals surface area contributed by atoms with E-state index < -0.39 is 0 Å². The molecule has 0 fully saturated rings. The molecule has 0 saturated heterocycles. The summed E-state index contributed by atoms with van der Waals surface area (Å²) in [4.78, 5) is 12.0. The van der Waals surface area contributed by atoms with Crippen LogP contribution < -0.4 is 4.74 Å². The van der Waals surface area contributed by atoms with Gasteiger partial charge >= 0.3 is 0 Å². The minimum Gasteiger partial charge on any atom is -0.496 e. The molecule has 0 saturated carbocycles. The lowest BCUT2D eigenvalue weighted by atomic mass is 9.96. The second-order valence-electron chi connectivity index (χ2n) is 3.52. The van der Waals surface area contributed by atoms with Crippen LogP contribution in [-0.2, 0) is 0 Å². The highest BCUT2D eigenvalue weighted by Crippen LogP contribution is 2.26. The van der Waals surface area contributed by atoms with Crippen molar-refractivity contribution in [3.8, 4) is 5.75 Å². The molecule has 0 aliphatic rings. The molecular formula is C12H15BrO2. The molecule has 0 spiro atoms. The average Bonchev–Trinajstić information content (AvgIpc) is 2.27. The molecule has 0 N–H and O–H groups in total. The Bertz CT molecular complexity index is 361. The monoisotopic (exact) mass is 270 g/mol. The van der Waals surface area contributed by atoms with Crippen molar-refractivity contribution in [3.05, 3.63) is 28.2 Å². The maximum atomic E-state index is 12.0. The van der Waals surface area contributed by atoms with Crippen LogP contribution in [0.25, 0.3) is 0 Å². The number of rotatable bonds is 4. The highest BCUT2D eigenvalue weighted by Gasteiger charge is 2.17. The summed E-state index contributed by atoms with van der Waals surface area (Å²) in [7, 11) is 1.58. The first-order valence-corrected chi connectivity index (χ1v) is 5.77. The number of methoxy groups -OCH3 is 1. The van der Waals surface area contributed by atoms with Gasteiger partial charge in [-0.3, -0.25) is 4.79 Å². The molecule has 3 heteroatoms. The van der Waals surface area contributed by atoms with Crippen molar-refractivity contribution < 1.29 is 9.53 Å². The Kier molecular flexibility index (Phi) is 4.33. The molecule has 0 bridgehead atoms. The number of Topliss-reactive ketones (excluding diaryl/α,β-unsaturated/α-hetero) is 1. The van der Waals surface area contributed by atoms with Crippen molar-refractivity contribution >= 4 is 21.7 Å². The van der Waals surface area contributed by atoms with E-state index in [1.54, 1.807) is 13.2 Å². The predicted octanol–water partition coefficient (Wildman–Crippen LogP) is 3.69. The van der Waals surface area contributed by atoms with E-state index in [1.165, 1.54) is 0 Å². The van der Waals surface area contributed by atoms with Gasteiger partial charge in [0, 0.05) is 10.4 Å². The number of carbonyl (C=O) groups is 1. The van der Waals surface area contributed by atoms with Crippen molar-refractivity contribution in [2.24, 2.45) is 5.92 Å². The van der Waals surface area contributed by atoms with Crippen LogP contribution in [0.2, 0.25) is 0 Å². The summed E-state index contributed by atoms with van der Waals surface area (Å²) in [6.07, 6.45) is 0.842. The van der Waals surface area contributed by atoms with E-state index in [4.69, 9.17) is 4.74 Å². The molecule has 1 rings (SSSR count). The quantitative estimate of drug-likeness (QED) is 0.781. The van der Waals surface area contributed by atoms with Crippen LogP contribution in [0.1, 0.15) is 30.6 Å². The summed E-state index contributed by atoms with van der Waals surface area (Å²) >= 11 is 3.36. The molecule has 1 atom stereocenters. The van der Waals surface area contributed by atoms with Crippen LogP contribution in [-0.4, -0.2) is 12.9 Å². The van der Waals surface area contributed by atoms with Gasteiger partial charge in [0.2, 0.25) is 0 Å². The standard InChI is InChI=1S/C12H15BrO2/c1-4-8(2)12(14)10-7-9(13)5-6-11(10)15-3/h5-8H,4H2,1-3H3. The zero-order valence-electron chi connectivity index (χ0n) is 9.21. The molecular weight excluding hydrogens is 256 g/mol. The fraction of sp³-hybridized carbons (Fsp3) is 0.417. The molecule has 0 radical (unpaired) electrons. The summed E-state index contributed by atoms with van der Waals surface area (Å²) in [5, 5.41) is 0. The Balaban J connectivity index is 3.11. The van der Waals surface area contributed by atoms with Crippen molar-refractivity contribution in [1.82, 2.24) is 0 Å². The first-order chi connectivity index (χ1) is 7.10. The van der Waals surface area contributed by atoms with E-state index in [0.29, 0.717) is 11.3 Å². The van der Waals surface area contributed by atoms with E-state index in [1.807, 2.05) is 26.0 Å². The normalized spacial score (nSPS) is 12.3. The number of halogens is 1. The molecule has 2 nitrogen and oxygen atoms in total. The summed E-state index contributed by atoms with van der Waals surface area (Å²) in [5.41, 5.74) is 0.654. The van der Waals surface area contributed by atoms with E-state index >= 15 is 0 Å². The van der Waals surface area contributed by atoms with Gasteiger partial charge < -0.3 is 4.74 Å². The molecule has 15 heavy (non-hydrogen) atoms. The van der Waals surface area contributed by atoms with Crippen LogP contribution in [0.3, 0.4) is 0 Å². The van der Waals surface area contributed by atoms with Gasteiger partial charge in [-0.15, -0.1) is 0 Å². The van der Waals surface area contributed by atoms with Crippen LogP contribution in [0.15, 0.2) is 22.7 Å². The topological polar surface area (TPSA) is 26.3 Å². The Morgan fingerprint density at radius 2 is 2.20 bits per heavy atom. The van der Waals surface area contributed by atoms with E-state index in [-0.39, 0.29) is 11.7 Å². The Morgan fingerprint density at radius 1 is 1.53 bits per heavy atom. The third-order valence-corrected chi connectivity index (χ3v) is 2.98. The summed E-state index contributed by atoms with van der Waals surface area (Å²) in [5.74, 6) is 0.812. The lowest BCUT2D eigenvalue weighted by Crippen LogP contribution is -2.11. The summed E-state index contributed by atoms with van der Waals surface area (Å²) in [6, 6.07) is 5.49. The third kappa shape index (κ3) is 2.81. The van der Waals surface area contributed by atoms with Crippen molar-refractivity contribution in [2.75, 3.05) is 7.11 Å². The number of carbonyl (C=O) groups excluding carboxylic acids is 1. The zero-order valence-corrected chi connectivity index (χ0v) is 10.8. The fourth-order valence-electron chi connectivity index (χ4n) is 1.32. The van der Waals surface area contributed by atoms with Gasteiger partial charge in [-0.05, 0) is 24.6 Å². The lowest BCUT2D eigenvalue weighted by Gasteiger charge is -2.11. The number of benzene rings is 1. The molecule has 0 aliphatic carbocycles. The smallest absolute Gasteiger partial charge is 0.169 e. The van der Waals surface area contributed by atoms with Crippen molar-refractivity contribution in [2.45, 2.75) is 20.3 Å². The summed E-state index contributed by atoms with van der Waals surface area (Å²) < 4.78 is 6.07. The second kappa shape index (κ2) is 5.31. The molecule has 82 valence electrons. The van der Waals surface area contributed by atoms with Gasteiger partial charge in [-0.2, -0.15) is 0 Å². The molecule has 0 heterocycles. The highest BCUT2D eigenvalue weighted by atomic mass is 79.9. The van der Waals surface area contributed by atoms with Gasteiger partial charge in [0.25, 0.3) is 0 Å². The molecule has 0 aromatic heterocycles. The SMILES string of the molecule is CCC(C)C(=O)c1cc(Br)ccc1OC. The first-order valence-electron chi connectivity index (χ1n) is 4.97. The Labute approximate surface area is 98.8 Å². The van der Waals surface area contributed by atoms with Gasteiger partial charge in [0.15, 0.2) is 5.78 Å². The molecule has 1 aromatic carbocycles. The largest absolute Gasteiger partial charge is 0.496 e. The molecule has 0 aliphatic heterocycles. The van der Waals surface area contributed by atoms with Gasteiger partial charge in [0.1, 0.15) is 5.75 Å². The molecule has 1 unspecified atom stereocenters. The van der Waals surface area contributed by atoms with Crippen LogP contribution >= 0.6 is 15.9 Å².